The lowest BCUT2D eigenvalue weighted by Gasteiger charge is -2.34. The third kappa shape index (κ3) is 4.74. The number of hydrogen-bond acceptors (Lipinski definition) is 4. The second-order valence-electron chi connectivity index (χ2n) is 8.95. The van der Waals surface area contributed by atoms with Gasteiger partial charge in [-0.05, 0) is 36.4 Å². The molecule has 2 heterocycles. The van der Waals surface area contributed by atoms with Crippen LogP contribution in [0.25, 0.3) is 10.9 Å². The van der Waals surface area contributed by atoms with Crippen molar-refractivity contribution >= 4 is 39.8 Å². The van der Waals surface area contributed by atoms with Crippen molar-refractivity contribution in [2.75, 3.05) is 38.1 Å². The summed E-state index contributed by atoms with van der Waals surface area (Å²) < 4.78 is 2.94. The van der Waals surface area contributed by atoms with E-state index in [1.807, 2.05) is 54.6 Å². The molecule has 0 saturated carbocycles. The van der Waals surface area contributed by atoms with Crippen LogP contribution in [-0.2, 0) is 13.1 Å². The predicted molar refractivity (Wildman–Crippen MR) is 143 cm³/mol. The first-order valence-corrected chi connectivity index (χ1v) is 12.4. The summed E-state index contributed by atoms with van der Waals surface area (Å²) in [5, 5.41) is 1.52. The Morgan fingerprint density at radius 1 is 0.800 bits per heavy atom. The first-order chi connectivity index (χ1) is 16.9. The molecule has 0 atom stereocenters. The maximum atomic E-state index is 13.9. The number of aromatic nitrogens is 2. The van der Waals surface area contributed by atoms with E-state index in [0.29, 0.717) is 33.1 Å². The van der Waals surface area contributed by atoms with Crippen molar-refractivity contribution in [3.05, 3.63) is 109 Å². The zero-order valence-electron chi connectivity index (χ0n) is 19.5. The van der Waals surface area contributed by atoms with Crippen LogP contribution in [0.1, 0.15) is 11.1 Å². The molecule has 1 aliphatic rings. The summed E-state index contributed by atoms with van der Waals surface area (Å²) in [6, 6.07) is 20.6. The summed E-state index contributed by atoms with van der Waals surface area (Å²) in [5.41, 5.74) is 2.26. The zero-order chi connectivity index (χ0) is 24.5. The van der Waals surface area contributed by atoms with Crippen molar-refractivity contribution in [3.63, 3.8) is 0 Å². The van der Waals surface area contributed by atoms with Crippen LogP contribution in [0.3, 0.4) is 0 Å². The van der Waals surface area contributed by atoms with Gasteiger partial charge in [0.25, 0.3) is 5.56 Å². The molecule has 8 heteroatoms. The van der Waals surface area contributed by atoms with Crippen molar-refractivity contribution in [1.82, 2.24) is 14.0 Å². The van der Waals surface area contributed by atoms with Gasteiger partial charge in [-0.15, -0.1) is 0 Å². The van der Waals surface area contributed by atoms with Gasteiger partial charge >= 0.3 is 5.69 Å². The minimum Gasteiger partial charge on any atom is -0.368 e. The lowest BCUT2D eigenvalue weighted by atomic mass is 10.1. The molecule has 4 aromatic rings. The van der Waals surface area contributed by atoms with Crippen LogP contribution >= 0.6 is 23.2 Å². The van der Waals surface area contributed by atoms with E-state index in [-0.39, 0.29) is 12.1 Å². The first-order valence-electron chi connectivity index (χ1n) is 11.6. The molecule has 1 fully saturated rings. The van der Waals surface area contributed by atoms with Gasteiger partial charge in [0.1, 0.15) is 0 Å². The molecular formula is C27H26Cl2N4O2. The summed E-state index contributed by atoms with van der Waals surface area (Å²) in [6.07, 6.45) is 0. The van der Waals surface area contributed by atoms with Gasteiger partial charge in [-0.3, -0.25) is 13.9 Å². The largest absolute Gasteiger partial charge is 0.368 e. The van der Waals surface area contributed by atoms with Crippen molar-refractivity contribution in [2.24, 2.45) is 0 Å². The van der Waals surface area contributed by atoms with Crippen molar-refractivity contribution < 1.29 is 0 Å². The van der Waals surface area contributed by atoms with Crippen molar-refractivity contribution in [2.45, 2.75) is 13.1 Å². The summed E-state index contributed by atoms with van der Waals surface area (Å²) in [5.74, 6) is 0. The van der Waals surface area contributed by atoms with E-state index in [9.17, 15) is 9.59 Å². The second kappa shape index (κ2) is 9.90. The number of halogens is 2. The molecule has 0 unspecified atom stereocenters. The Bertz CT molecular complexity index is 1490. The number of rotatable bonds is 5. The van der Waals surface area contributed by atoms with E-state index in [1.54, 1.807) is 16.7 Å². The van der Waals surface area contributed by atoms with E-state index in [1.165, 1.54) is 4.57 Å². The number of benzene rings is 3. The fourth-order valence-electron chi connectivity index (χ4n) is 4.63. The Balaban J connectivity index is 1.77. The lowest BCUT2D eigenvalue weighted by Crippen LogP contribution is -2.46. The quantitative estimate of drug-likeness (QED) is 0.402. The van der Waals surface area contributed by atoms with Crippen LogP contribution in [0.2, 0.25) is 10.0 Å². The van der Waals surface area contributed by atoms with Crippen LogP contribution in [0.5, 0.6) is 0 Å². The summed E-state index contributed by atoms with van der Waals surface area (Å²) in [6.45, 7) is 3.72. The number of likely N-dealkylation sites (N-methyl/N-ethyl adjacent to an activating group) is 1. The third-order valence-corrected chi connectivity index (χ3v) is 7.17. The van der Waals surface area contributed by atoms with Crippen LogP contribution in [0.4, 0.5) is 5.69 Å². The molecule has 1 aromatic heterocycles. The summed E-state index contributed by atoms with van der Waals surface area (Å²) >= 11 is 13.0. The standard InChI is InChI=1S/C27H26Cl2N4O2/c1-30-11-13-31(14-12-30)23-15-21(28)16-24-25(23)26(34)33(18-20-9-5-6-10-22(20)29)27(35)32(24)17-19-7-3-2-4-8-19/h2-10,15-16H,11-14,17-18H2,1H3. The monoisotopic (exact) mass is 508 g/mol. The molecule has 0 N–H and O–H groups in total. The normalized spacial score (nSPS) is 14.5. The van der Waals surface area contributed by atoms with Gasteiger partial charge in [0.15, 0.2) is 0 Å². The van der Waals surface area contributed by atoms with Crippen LogP contribution < -0.4 is 16.1 Å². The zero-order valence-corrected chi connectivity index (χ0v) is 21.0. The Morgan fingerprint density at radius 3 is 2.20 bits per heavy atom. The van der Waals surface area contributed by atoms with E-state index >= 15 is 0 Å². The van der Waals surface area contributed by atoms with Gasteiger partial charge in [-0.2, -0.15) is 0 Å². The molecular weight excluding hydrogens is 483 g/mol. The van der Waals surface area contributed by atoms with Gasteiger partial charge in [0.2, 0.25) is 0 Å². The molecule has 0 aliphatic carbocycles. The molecule has 6 nitrogen and oxygen atoms in total. The topological polar surface area (TPSA) is 50.5 Å². The second-order valence-corrected chi connectivity index (χ2v) is 9.79. The summed E-state index contributed by atoms with van der Waals surface area (Å²) in [4.78, 5) is 32.2. The molecule has 1 saturated heterocycles. The third-order valence-electron chi connectivity index (χ3n) is 6.59. The van der Waals surface area contributed by atoms with Gasteiger partial charge in [0.05, 0.1) is 29.7 Å². The number of anilines is 1. The average molecular weight is 509 g/mol. The van der Waals surface area contributed by atoms with Crippen molar-refractivity contribution in [1.29, 1.82) is 0 Å². The Hall–Kier alpha value is -3.06. The van der Waals surface area contributed by atoms with E-state index in [2.05, 4.69) is 16.8 Å². The van der Waals surface area contributed by atoms with Crippen LogP contribution in [0.15, 0.2) is 76.3 Å². The van der Waals surface area contributed by atoms with E-state index in [0.717, 1.165) is 37.4 Å². The molecule has 5 rings (SSSR count). The molecule has 180 valence electrons. The predicted octanol–water partition coefficient (Wildman–Crippen LogP) is 4.32. The Labute approximate surface area is 213 Å². The molecule has 0 radical (unpaired) electrons. The highest BCUT2D eigenvalue weighted by Gasteiger charge is 2.23. The minimum absolute atomic E-state index is 0.0902. The number of fused-ring (bicyclic) bond motifs is 1. The highest BCUT2D eigenvalue weighted by atomic mass is 35.5. The minimum atomic E-state index is -0.391. The smallest absolute Gasteiger partial charge is 0.332 e. The molecule has 35 heavy (non-hydrogen) atoms. The SMILES string of the molecule is CN1CCN(c2cc(Cl)cc3c2c(=O)n(Cc2ccccc2Cl)c(=O)n3Cc2ccccc2)CC1. The molecule has 3 aromatic carbocycles. The van der Waals surface area contributed by atoms with Gasteiger partial charge < -0.3 is 9.80 Å². The molecule has 0 spiro atoms. The van der Waals surface area contributed by atoms with Gasteiger partial charge in [-0.1, -0.05) is 71.7 Å². The number of hydrogen-bond donors (Lipinski definition) is 0. The maximum absolute atomic E-state index is 13.9. The van der Waals surface area contributed by atoms with Crippen LogP contribution in [-0.4, -0.2) is 47.3 Å². The number of piperazine rings is 1. The fraction of sp³-hybridized carbons (Fsp3) is 0.259. The van der Waals surface area contributed by atoms with E-state index < -0.39 is 5.69 Å². The van der Waals surface area contributed by atoms with Crippen LogP contribution in [0, 0.1) is 0 Å². The molecule has 0 amide bonds. The Kier molecular flexibility index (Phi) is 6.69. The van der Waals surface area contributed by atoms with Gasteiger partial charge in [0, 0.05) is 36.2 Å². The maximum Gasteiger partial charge on any atom is 0.332 e. The van der Waals surface area contributed by atoms with E-state index in [4.69, 9.17) is 23.2 Å². The molecule has 0 bridgehead atoms. The fourth-order valence-corrected chi connectivity index (χ4v) is 5.04. The first kappa shape index (κ1) is 23.7. The lowest BCUT2D eigenvalue weighted by molar-refractivity contribution is 0.313. The highest BCUT2D eigenvalue weighted by molar-refractivity contribution is 6.32. The molecule has 1 aliphatic heterocycles. The van der Waals surface area contributed by atoms with Gasteiger partial charge in [-0.25, -0.2) is 4.79 Å². The summed E-state index contributed by atoms with van der Waals surface area (Å²) in [7, 11) is 2.08. The highest BCUT2D eigenvalue weighted by Crippen LogP contribution is 2.29. The Morgan fingerprint density at radius 2 is 1.49 bits per heavy atom. The number of nitrogens with zero attached hydrogens (tertiary/aromatic N) is 4. The van der Waals surface area contributed by atoms with Crippen molar-refractivity contribution in [3.8, 4) is 0 Å². The average Bonchev–Trinajstić information content (AvgIpc) is 2.86.